The Balaban J connectivity index is 1.85. The topological polar surface area (TPSA) is 71.1 Å². The Kier molecular flexibility index (Phi) is 5.90. The van der Waals surface area contributed by atoms with Crippen molar-refractivity contribution in [3.8, 4) is 0 Å². The number of nitrogens with zero attached hydrogens (tertiary/aromatic N) is 1. The van der Waals surface area contributed by atoms with E-state index < -0.39 is 20.7 Å². The molecule has 0 aliphatic heterocycles. The van der Waals surface area contributed by atoms with E-state index in [0.717, 1.165) is 29.0 Å². The predicted octanol–water partition coefficient (Wildman–Crippen LogP) is 5.56. The highest BCUT2D eigenvalue weighted by atomic mass is 35.5. The summed E-state index contributed by atoms with van der Waals surface area (Å²) in [5.41, 5.74) is 1.20. The molecule has 5 nitrogen and oxygen atoms in total. The number of nitrogens with one attached hydrogen (secondary N) is 2. The van der Waals surface area contributed by atoms with Gasteiger partial charge in [-0.25, -0.2) is 17.8 Å². The van der Waals surface area contributed by atoms with E-state index in [1.165, 1.54) is 6.20 Å². The SMILES string of the molecule is CC(Nc1cc(F)c(S(=O)(=O)Nc2nccs2)cc1Cl)c1ccc(Cl)cc1. The normalized spacial score (nSPS) is 12.6. The van der Waals surface area contributed by atoms with Crippen molar-refractivity contribution in [3.63, 3.8) is 0 Å². The minimum Gasteiger partial charge on any atom is -0.377 e. The lowest BCUT2D eigenvalue weighted by Gasteiger charge is -2.18. The second kappa shape index (κ2) is 8.02. The minimum absolute atomic E-state index is 0.0803. The van der Waals surface area contributed by atoms with Gasteiger partial charge in [-0.05, 0) is 36.8 Å². The molecule has 2 N–H and O–H groups in total. The number of anilines is 2. The summed E-state index contributed by atoms with van der Waals surface area (Å²) < 4.78 is 41.5. The van der Waals surface area contributed by atoms with Gasteiger partial charge in [0, 0.05) is 22.6 Å². The van der Waals surface area contributed by atoms with E-state index in [0.29, 0.717) is 5.02 Å². The van der Waals surface area contributed by atoms with E-state index in [2.05, 4.69) is 15.0 Å². The molecule has 27 heavy (non-hydrogen) atoms. The summed E-state index contributed by atoms with van der Waals surface area (Å²) in [6, 6.07) is 9.10. The molecule has 1 atom stereocenters. The number of hydrogen-bond donors (Lipinski definition) is 2. The van der Waals surface area contributed by atoms with Crippen LogP contribution in [-0.4, -0.2) is 13.4 Å². The van der Waals surface area contributed by atoms with Crippen molar-refractivity contribution in [1.29, 1.82) is 0 Å². The second-order valence-electron chi connectivity index (χ2n) is 5.62. The smallest absolute Gasteiger partial charge is 0.266 e. The number of halogens is 3. The lowest BCUT2D eigenvalue weighted by molar-refractivity contribution is 0.570. The van der Waals surface area contributed by atoms with E-state index in [4.69, 9.17) is 23.2 Å². The Hall–Kier alpha value is -1.87. The van der Waals surface area contributed by atoms with Crippen LogP contribution >= 0.6 is 34.5 Å². The summed E-state index contributed by atoms with van der Waals surface area (Å²) in [5.74, 6) is -0.922. The fourth-order valence-corrected chi connectivity index (χ4v) is 4.64. The molecule has 3 aromatic rings. The first kappa shape index (κ1) is 19.9. The third-order valence-electron chi connectivity index (χ3n) is 3.71. The molecular weight excluding hydrogens is 432 g/mol. The first-order valence-electron chi connectivity index (χ1n) is 7.69. The Bertz CT molecular complexity index is 1040. The number of sulfonamides is 1. The second-order valence-corrected chi connectivity index (χ2v) is 9.01. The molecule has 0 radical (unpaired) electrons. The van der Waals surface area contributed by atoms with Crippen LogP contribution in [0.3, 0.4) is 0 Å². The number of aromatic nitrogens is 1. The zero-order valence-corrected chi connectivity index (χ0v) is 17.1. The van der Waals surface area contributed by atoms with E-state index in [9.17, 15) is 12.8 Å². The molecule has 0 aliphatic rings. The highest BCUT2D eigenvalue weighted by molar-refractivity contribution is 7.93. The van der Waals surface area contributed by atoms with Gasteiger partial charge >= 0.3 is 0 Å². The van der Waals surface area contributed by atoms with Gasteiger partial charge in [0.05, 0.1) is 10.7 Å². The lowest BCUT2D eigenvalue weighted by atomic mass is 10.1. The standard InChI is InChI=1S/C17H14Cl2FN3O2S2/c1-10(11-2-4-12(18)5-3-11)22-15-9-14(20)16(8-13(15)19)27(24,25)23-17-21-6-7-26-17/h2-10,22H,1H3,(H,21,23). The number of thiazole rings is 1. The Morgan fingerprint density at radius 1 is 1.19 bits per heavy atom. The zero-order chi connectivity index (χ0) is 19.6. The molecule has 0 aliphatic carbocycles. The van der Waals surface area contributed by atoms with Crippen LogP contribution in [0, 0.1) is 5.82 Å². The molecule has 0 bridgehead atoms. The van der Waals surface area contributed by atoms with Crippen molar-refractivity contribution in [3.05, 3.63) is 69.4 Å². The van der Waals surface area contributed by atoms with Gasteiger partial charge in [-0.2, -0.15) is 0 Å². The van der Waals surface area contributed by atoms with E-state index in [1.807, 2.05) is 19.1 Å². The van der Waals surface area contributed by atoms with Gasteiger partial charge in [-0.1, -0.05) is 35.3 Å². The summed E-state index contributed by atoms with van der Waals surface area (Å²) in [6.07, 6.45) is 1.44. The molecule has 142 valence electrons. The van der Waals surface area contributed by atoms with Crippen molar-refractivity contribution in [2.24, 2.45) is 0 Å². The monoisotopic (exact) mass is 445 g/mol. The van der Waals surface area contributed by atoms with Crippen LogP contribution in [0.25, 0.3) is 0 Å². The first-order valence-corrected chi connectivity index (χ1v) is 10.8. The summed E-state index contributed by atoms with van der Waals surface area (Å²) in [6.45, 7) is 1.87. The molecule has 10 heteroatoms. The Morgan fingerprint density at radius 2 is 1.89 bits per heavy atom. The quantitative estimate of drug-likeness (QED) is 0.520. The zero-order valence-electron chi connectivity index (χ0n) is 13.9. The van der Waals surface area contributed by atoms with E-state index >= 15 is 0 Å². The fourth-order valence-electron chi connectivity index (χ4n) is 2.36. The predicted molar refractivity (Wildman–Crippen MR) is 108 cm³/mol. The molecule has 0 fully saturated rings. The van der Waals surface area contributed by atoms with Crippen LogP contribution in [0.5, 0.6) is 0 Å². The van der Waals surface area contributed by atoms with E-state index in [1.54, 1.807) is 17.5 Å². The van der Waals surface area contributed by atoms with Crippen LogP contribution in [0.1, 0.15) is 18.5 Å². The highest BCUT2D eigenvalue weighted by Crippen LogP contribution is 2.32. The van der Waals surface area contributed by atoms with Crippen molar-refractivity contribution in [1.82, 2.24) is 4.98 Å². The van der Waals surface area contributed by atoms with Gasteiger partial charge in [0.2, 0.25) is 0 Å². The maximum absolute atomic E-state index is 14.5. The summed E-state index contributed by atoms with van der Waals surface area (Å²) >= 11 is 13.2. The van der Waals surface area contributed by atoms with Crippen molar-refractivity contribution < 1.29 is 12.8 Å². The third kappa shape index (κ3) is 4.70. The number of benzene rings is 2. The van der Waals surface area contributed by atoms with Gasteiger partial charge in [0.1, 0.15) is 10.7 Å². The Morgan fingerprint density at radius 3 is 2.52 bits per heavy atom. The molecule has 3 rings (SSSR count). The van der Waals surface area contributed by atoms with Crippen molar-refractivity contribution in [2.45, 2.75) is 17.9 Å². The molecule has 1 heterocycles. The summed E-state index contributed by atoms with van der Waals surface area (Å²) in [4.78, 5) is 3.28. The van der Waals surface area contributed by atoms with Gasteiger partial charge in [0.25, 0.3) is 10.0 Å². The van der Waals surface area contributed by atoms with Crippen LogP contribution in [-0.2, 0) is 10.0 Å². The number of hydrogen-bond acceptors (Lipinski definition) is 5. The first-order chi connectivity index (χ1) is 12.8. The lowest BCUT2D eigenvalue weighted by Crippen LogP contribution is -2.15. The third-order valence-corrected chi connectivity index (χ3v) is 6.44. The van der Waals surface area contributed by atoms with Crippen LogP contribution < -0.4 is 10.0 Å². The highest BCUT2D eigenvalue weighted by Gasteiger charge is 2.23. The molecule has 1 aromatic heterocycles. The summed E-state index contributed by atoms with van der Waals surface area (Å²) in [7, 11) is -4.14. The molecule has 1 unspecified atom stereocenters. The molecule has 0 saturated carbocycles. The van der Waals surface area contributed by atoms with E-state index in [-0.39, 0.29) is 21.9 Å². The molecule has 0 amide bonds. The number of rotatable bonds is 6. The van der Waals surface area contributed by atoms with Crippen LogP contribution in [0.15, 0.2) is 52.9 Å². The molecule has 2 aromatic carbocycles. The Labute approximate surface area is 170 Å². The molecule has 0 saturated heterocycles. The average Bonchev–Trinajstić information content (AvgIpc) is 3.10. The van der Waals surface area contributed by atoms with Gasteiger partial charge in [-0.15, -0.1) is 11.3 Å². The van der Waals surface area contributed by atoms with Crippen molar-refractivity contribution in [2.75, 3.05) is 10.0 Å². The maximum Gasteiger partial charge on any atom is 0.266 e. The average molecular weight is 446 g/mol. The van der Waals surface area contributed by atoms with Crippen molar-refractivity contribution >= 4 is 55.4 Å². The summed E-state index contributed by atoms with van der Waals surface area (Å²) in [5, 5.41) is 5.51. The van der Waals surface area contributed by atoms with Gasteiger partial charge in [0.15, 0.2) is 5.13 Å². The van der Waals surface area contributed by atoms with Gasteiger partial charge < -0.3 is 5.32 Å². The van der Waals surface area contributed by atoms with Crippen LogP contribution in [0.4, 0.5) is 15.2 Å². The largest absolute Gasteiger partial charge is 0.377 e. The molecule has 0 spiro atoms. The fraction of sp³-hybridized carbons (Fsp3) is 0.118. The van der Waals surface area contributed by atoms with Gasteiger partial charge in [-0.3, -0.25) is 4.72 Å². The minimum atomic E-state index is -4.14. The maximum atomic E-state index is 14.5. The van der Waals surface area contributed by atoms with Crippen LogP contribution in [0.2, 0.25) is 10.0 Å². The molecular formula is C17H14Cl2FN3O2S2.